The number of ether oxygens (including phenoxy) is 2. The highest BCUT2D eigenvalue weighted by Crippen LogP contribution is 2.49. The molecular formula is C27H25ClFNO4. The molecule has 1 atom stereocenters. The van der Waals surface area contributed by atoms with Crippen molar-refractivity contribution >= 4 is 22.2 Å². The third-order valence-corrected chi connectivity index (χ3v) is 6.62. The summed E-state index contributed by atoms with van der Waals surface area (Å²) >= 11 is 6.84. The first-order valence-corrected chi connectivity index (χ1v) is 11.6. The summed E-state index contributed by atoms with van der Waals surface area (Å²) in [5.41, 5.74) is 2.89. The molecule has 0 amide bonds. The molecule has 0 aromatic heterocycles. The Morgan fingerprint density at radius 2 is 1.76 bits per heavy atom. The highest BCUT2D eigenvalue weighted by Gasteiger charge is 2.31. The predicted octanol–water partition coefficient (Wildman–Crippen LogP) is 5.62. The summed E-state index contributed by atoms with van der Waals surface area (Å²) in [5.74, 6) is 1.69. The lowest BCUT2D eigenvalue weighted by Gasteiger charge is -2.37. The van der Waals surface area contributed by atoms with E-state index in [-0.39, 0.29) is 24.1 Å². The number of hydrogen-bond donors (Lipinski definition) is 2. The first-order valence-electron chi connectivity index (χ1n) is 11.2. The molecule has 1 fully saturated rings. The van der Waals surface area contributed by atoms with E-state index in [1.807, 2.05) is 30.3 Å². The minimum absolute atomic E-state index is 0.0918. The van der Waals surface area contributed by atoms with Crippen LogP contribution >= 0.6 is 11.6 Å². The van der Waals surface area contributed by atoms with E-state index < -0.39 is 6.10 Å². The number of benzene rings is 3. The minimum atomic E-state index is -0.515. The summed E-state index contributed by atoms with van der Waals surface area (Å²) in [7, 11) is 0. The lowest BCUT2D eigenvalue weighted by molar-refractivity contribution is 0.0668. The second-order valence-electron chi connectivity index (χ2n) is 8.65. The van der Waals surface area contributed by atoms with Gasteiger partial charge in [0.05, 0.1) is 11.7 Å². The van der Waals surface area contributed by atoms with Crippen molar-refractivity contribution in [2.24, 2.45) is 5.92 Å². The molecule has 0 aliphatic carbocycles. The molecule has 34 heavy (non-hydrogen) atoms. The maximum absolute atomic E-state index is 12.6. The van der Waals surface area contributed by atoms with Crippen molar-refractivity contribution in [1.82, 2.24) is 4.90 Å². The Bertz CT molecular complexity index is 1210. The van der Waals surface area contributed by atoms with Crippen molar-refractivity contribution in [1.29, 1.82) is 0 Å². The van der Waals surface area contributed by atoms with E-state index in [4.69, 9.17) is 21.1 Å². The van der Waals surface area contributed by atoms with Gasteiger partial charge in [0, 0.05) is 36.7 Å². The van der Waals surface area contributed by atoms with Crippen LogP contribution in [-0.4, -0.2) is 48.0 Å². The zero-order chi connectivity index (χ0) is 23.7. The Kier molecular flexibility index (Phi) is 6.35. The Morgan fingerprint density at radius 3 is 2.50 bits per heavy atom. The summed E-state index contributed by atoms with van der Waals surface area (Å²) in [4.78, 5) is 2.18. The Morgan fingerprint density at radius 1 is 1.00 bits per heavy atom. The third-order valence-electron chi connectivity index (χ3n) is 6.21. The van der Waals surface area contributed by atoms with Crippen LogP contribution in [0.25, 0.3) is 10.6 Å². The quantitative estimate of drug-likeness (QED) is 0.458. The van der Waals surface area contributed by atoms with Gasteiger partial charge in [-0.15, -0.1) is 0 Å². The first kappa shape index (κ1) is 22.6. The standard InChI is InChI=1S/C27H25ClFNO4/c28-26-23-13-21(32)6-9-24(23)34-27(25(26)19-2-1-3-20(31)12-19)18-4-7-22(8-5-18)33-11-10-30-15-17(14-29)16-30/h1-9,12-13,17,27,31-32H,10-11,14-16H2/t27-/m0/s1. The molecule has 2 N–H and O–H groups in total. The topological polar surface area (TPSA) is 62.2 Å². The van der Waals surface area contributed by atoms with E-state index in [9.17, 15) is 14.6 Å². The van der Waals surface area contributed by atoms with E-state index in [2.05, 4.69) is 4.90 Å². The summed E-state index contributed by atoms with van der Waals surface area (Å²) in [6.07, 6.45) is -0.515. The molecule has 2 aliphatic rings. The Balaban J connectivity index is 1.38. The van der Waals surface area contributed by atoms with Crippen LogP contribution < -0.4 is 9.47 Å². The van der Waals surface area contributed by atoms with Crippen molar-refractivity contribution in [2.75, 3.05) is 32.9 Å². The maximum atomic E-state index is 12.6. The lowest BCUT2D eigenvalue weighted by atomic mass is 9.90. The van der Waals surface area contributed by atoms with Crippen LogP contribution in [0.2, 0.25) is 0 Å². The zero-order valence-corrected chi connectivity index (χ0v) is 19.2. The van der Waals surface area contributed by atoms with Gasteiger partial charge in [0.25, 0.3) is 0 Å². The molecule has 0 unspecified atom stereocenters. The van der Waals surface area contributed by atoms with Gasteiger partial charge in [-0.3, -0.25) is 9.29 Å². The van der Waals surface area contributed by atoms with E-state index in [1.54, 1.807) is 36.4 Å². The molecule has 5 rings (SSSR count). The fourth-order valence-corrected chi connectivity index (χ4v) is 4.77. The first-order chi connectivity index (χ1) is 16.5. The van der Waals surface area contributed by atoms with Gasteiger partial charge in [-0.2, -0.15) is 0 Å². The Labute approximate surface area is 202 Å². The molecule has 5 nitrogen and oxygen atoms in total. The molecule has 1 saturated heterocycles. The number of phenolic OH excluding ortho intramolecular Hbond substituents is 2. The lowest BCUT2D eigenvalue weighted by Crippen LogP contribution is -2.49. The van der Waals surface area contributed by atoms with Crippen molar-refractivity contribution in [3.05, 3.63) is 83.4 Å². The van der Waals surface area contributed by atoms with Crippen LogP contribution in [0.15, 0.2) is 66.7 Å². The number of fused-ring (bicyclic) bond motifs is 1. The van der Waals surface area contributed by atoms with Crippen molar-refractivity contribution in [3.8, 4) is 23.0 Å². The summed E-state index contributed by atoms with van der Waals surface area (Å²) < 4.78 is 24.8. The second-order valence-corrected chi connectivity index (χ2v) is 9.03. The van der Waals surface area contributed by atoms with Crippen molar-refractivity contribution in [3.63, 3.8) is 0 Å². The van der Waals surface area contributed by atoms with E-state index >= 15 is 0 Å². The average Bonchev–Trinajstić information content (AvgIpc) is 2.81. The van der Waals surface area contributed by atoms with E-state index in [0.717, 1.165) is 36.5 Å². The third kappa shape index (κ3) is 4.56. The van der Waals surface area contributed by atoms with E-state index in [1.165, 1.54) is 0 Å². The van der Waals surface area contributed by atoms with Gasteiger partial charge in [0.1, 0.15) is 29.6 Å². The molecule has 7 heteroatoms. The van der Waals surface area contributed by atoms with E-state index in [0.29, 0.717) is 28.5 Å². The van der Waals surface area contributed by atoms with Crippen LogP contribution in [0.5, 0.6) is 23.0 Å². The molecule has 3 aromatic carbocycles. The smallest absolute Gasteiger partial charge is 0.151 e. The van der Waals surface area contributed by atoms with Gasteiger partial charge in [0.15, 0.2) is 6.10 Å². The maximum Gasteiger partial charge on any atom is 0.151 e. The SMILES string of the molecule is Oc1cccc(C2=C(Cl)c3cc(O)ccc3O[C@H]2c2ccc(OCCN3CC(CF)C3)cc2)c1. The largest absolute Gasteiger partial charge is 0.508 e. The number of rotatable bonds is 7. The van der Waals surface area contributed by atoms with Crippen LogP contribution in [0, 0.1) is 5.92 Å². The summed E-state index contributed by atoms with van der Waals surface area (Å²) in [6, 6.07) is 19.3. The van der Waals surface area contributed by atoms with Gasteiger partial charge < -0.3 is 19.7 Å². The monoisotopic (exact) mass is 481 g/mol. The number of nitrogens with zero attached hydrogens (tertiary/aromatic N) is 1. The molecule has 3 aromatic rings. The number of aromatic hydroxyl groups is 2. The van der Waals surface area contributed by atoms with Gasteiger partial charge in [0.2, 0.25) is 0 Å². The fraction of sp³-hybridized carbons (Fsp3) is 0.259. The van der Waals surface area contributed by atoms with Crippen molar-refractivity contribution < 1.29 is 24.1 Å². The molecule has 0 bridgehead atoms. The van der Waals surface area contributed by atoms with Gasteiger partial charge in [-0.25, -0.2) is 0 Å². The summed E-state index contributed by atoms with van der Waals surface area (Å²) in [6.45, 7) is 2.64. The number of alkyl halides is 1. The van der Waals surface area contributed by atoms with Crippen LogP contribution in [-0.2, 0) is 0 Å². The molecular weight excluding hydrogens is 457 g/mol. The fourth-order valence-electron chi connectivity index (χ4n) is 4.41. The van der Waals surface area contributed by atoms with Gasteiger partial charge >= 0.3 is 0 Å². The highest BCUT2D eigenvalue weighted by atomic mass is 35.5. The van der Waals surface area contributed by atoms with Crippen LogP contribution in [0.4, 0.5) is 4.39 Å². The normalized spacial score (nSPS) is 18.2. The summed E-state index contributed by atoms with van der Waals surface area (Å²) in [5, 5.41) is 20.5. The zero-order valence-electron chi connectivity index (χ0n) is 18.5. The molecule has 176 valence electrons. The number of phenols is 2. The minimum Gasteiger partial charge on any atom is -0.508 e. The molecule has 2 aliphatic heterocycles. The number of hydrogen-bond acceptors (Lipinski definition) is 5. The van der Waals surface area contributed by atoms with Crippen molar-refractivity contribution in [2.45, 2.75) is 6.10 Å². The molecule has 2 heterocycles. The second kappa shape index (κ2) is 9.57. The average molecular weight is 482 g/mol. The number of likely N-dealkylation sites (tertiary alicyclic amines) is 1. The highest BCUT2D eigenvalue weighted by molar-refractivity contribution is 6.53. The molecule has 0 saturated carbocycles. The molecule has 0 radical (unpaired) electrons. The van der Waals surface area contributed by atoms with Crippen LogP contribution in [0.3, 0.4) is 0 Å². The van der Waals surface area contributed by atoms with Crippen LogP contribution in [0.1, 0.15) is 22.8 Å². The Hall–Kier alpha value is -3.22. The number of halogens is 2. The van der Waals surface area contributed by atoms with Gasteiger partial charge in [-0.05, 0) is 53.6 Å². The van der Waals surface area contributed by atoms with Gasteiger partial charge in [-0.1, -0.05) is 35.9 Å². The molecule has 0 spiro atoms. The predicted molar refractivity (Wildman–Crippen MR) is 130 cm³/mol.